The summed E-state index contributed by atoms with van der Waals surface area (Å²) in [4.78, 5) is 15.0. The lowest BCUT2D eigenvalue weighted by molar-refractivity contribution is -0.0153. The number of ether oxygens (including phenoxy) is 2. The van der Waals surface area contributed by atoms with Gasteiger partial charge in [-0.2, -0.15) is 0 Å². The van der Waals surface area contributed by atoms with Crippen molar-refractivity contribution in [2.75, 3.05) is 13.7 Å². The Morgan fingerprint density at radius 1 is 1.26 bits per heavy atom. The number of nitrogens with one attached hydrogen (secondary N) is 1. The molecular formula is C25H27N3O3. The molecule has 1 fully saturated rings. The van der Waals surface area contributed by atoms with Crippen LogP contribution in [0.15, 0.2) is 61.2 Å². The molecule has 0 bridgehead atoms. The number of aromatic nitrogens is 1. The van der Waals surface area contributed by atoms with Crippen LogP contribution < -0.4 is 10.1 Å². The summed E-state index contributed by atoms with van der Waals surface area (Å²) < 4.78 is 13.2. The van der Waals surface area contributed by atoms with Crippen molar-refractivity contribution in [1.29, 1.82) is 0 Å². The second-order valence-corrected chi connectivity index (χ2v) is 8.20. The zero-order valence-electron chi connectivity index (χ0n) is 17.9. The molecule has 1 saturated heterocycles. The predicted molar refractivity (Wildman–Crippen MR) is 120 cm³/mol. The zero-order valence-corrected chi connectivity index (χ0v) is 17.9. The molecule has 1 aromatic heterocycles. The van der Waals surface area contributed by atoms with Crippen LogP contribution in [0.5, 0.6) is 5.75 Å². The second-order valence-electron chi connectivity index (χ2n) is 8.20. The third-order valence-electron chi connectivity index (χ3n) is 6.65. The van der Waals surface area contributed by atoms with E-state index in [1.807, 2.05) is 42.5 Å². The van der Waals surface area contributed by atoms with Gasteiger partial charge in [0.2, 0.25) is 0 Å². The van der Waals surface area contributed by atoms with Crippen molar-refractivity contribution in [1.82, 2.24) is 14.8 Å². The molecule has 3 aromatic rings. The highest BCUT2D eigenvalue weighted by Crippen LogP contribution is 2.47. The fourth-order valence-corrected chi connectivity index (χ4v) is 5.17. The Morgan fingerprint density at radius 2 is 2.06 bits per heavy atom. The van der Waals surface area contributed by atoms with Crippen LogP contribution >= 0.6 is 0 Å². The molecule has 31 heavy (non-hydrogen) atoms. The number of fused-ring (bicyclic) bond motifs is 5. The molecule has 0 aliphatic carbocycles. The first kappa shape index (κ1) is 19.7. The van der Waals surface area contributed by atoms with E-state index in [0.717, 1.165) is 24.3 Å². The van der Waals surface area contributed by atoms with E-state index in [4.69, 9.17) is 9.47 Å². The molecule has 1 N–H and O–H groups in total. The third kappa shape index (κ3) is 3.18. The van der Waals surface area contributed by atoms with Crippen LogP contribution in [0.4, 0.5) is 4.79 Å². The summed E-state index contributed by atoms with van der Waals surface area (Å²) in [5.41, 5.74) is 4.74. The monoisotopic (exact) mass is 417 g/mol. The van der Waals surface area contributed by atoms with Gasteiger partial charge in [0, 0.05) is 30.2 Å². The second kappa shape index (κ2) is 7.78. The van der Waals surface area contributed by atoms with E-state index in [0.29, 0.717) is 0 Å². The van der Waals surface area contributed by atoms with E-state index >= 15 is 0 Å². The summed E-state index contributed by atoms with van der Waals surface area (Å²) in [5.74, 6) is 0.861. The van der Waals surface area contributed by atoms with Gasteiger partial charge in [0.1, 0.15) is 12.4 Å². The van der Waals surface area contributed by atoms with Gasteiger partial charge in [0.25, 0.3) is 0 Å². The molecule has 160 valence electrons. The maximum Gasteiger partial charge on any atom is 0.407 e. The van der Waals surface area contributed by atoms with Gasteiger partial charge in [-0.05, 0) is 35.7 Å². The third-order valence-corrected chi connectivity index (χ3v) is 6.65. The van der Waals surface area contributed by atoms with E-state index in [-0.39, 0.29) is 24.7 Å². The molecule has 6 nitrogen and oxygen atoms in total. The van der Waals surface area contributed by atoms with Crippen LogP contribution in [-0.2, 0) is 24.8 Å². The molecule has 6 heteroatoms. The zero-order chi connectivity index (χ0) is 21.5. The van der Waals surface area contributed by atoms with Crippen molar-refractivity contribution in [2.24, 2.45) is 7.05 Å². The number of carbonyl (C=O) groups is 1. The smallest absolute Gasteiger partial charge is 0.407 e. The lowest BCUT2D eigenvalue weighted by Crippen LogP contribution is -2.69. The number of rotatable bonds is 5. The van der Waals surface area contributed by atoms with E-state index < -0.39 is 6.09 Å². The molecule has 2 aliphatic rings. The minimum Gasteiger partial charge on any atom is -0.497 e. The topological polar surface area (TPSA) is 55.7 Å². The first-order chi connectivity index (χ1) is 15.1. The molecule has 2 aliphatic heterocycles. The van der Waals surface area contributed by atoms with Crippen molar-refractivity contribution in [3.8, 4) is 5.75 Å². The summed E-state index contributed by atoms with van der Waals surface area (Å²) in [5, 5.41) is 4.34. The number of amides is 1. The standard InChI is InChI=1S/C25H27N3O3/c1-4-20-22(26-25(29)31-15-16-8-6-5-7-9-16)24-23-18(12-13-28(20)24)19-14-17(30-3)10-11-21(19)27(23)2/h4-11,14,20,22,24H,1,12-13,15H2,2-3H3,(H,26,29)/t20-,22-,24+/m1/s1. The maximum absolute atomic E-state index is 12.6. The predicted octanol–water partition coefficient (Wildman–Crippen LogP) is 3.95. The Hall–Kier alpha value is -3.25. The van der Waals surface area contributed by atoms with Gasteiger partial charge in [-0.15, -0.1) is 6.58 Å². The van der Waals surface area contributed by atoms with Crippen LogP contribution in [0, 0.1) is 0 Å². The van der Waals surface area contributed by atoms with Crippen LogP contribution in [0.25, 0.3) is 10.9 Å². The first-order valence-corrected chi connectivity index (χ1v) is 10.6. The van der Waals surface area contributed by atoms with Gasteiger partial charge in [0.05, 0.1) is 25.2 Å². The van der Waals surface area contributed by atoms with E-state index in [9.17, 15) is 4.79 Å². The molecule has 3 heterocycles. The largest absolute Gasteiger partial charge is 0.497 e. The minimum atomic E-state index is -0.395. The van der Waals surface area contributed by atoms with Crippen LogP contribution in [0.3, 0.4) is 0 Å². The Balaban J connectivity index is 1.41. The summed E-state index contributed by atoms with van der Waals surface area (Å²) in [6.07, 6.45) is 2.49. The number of hydrogen-bond donors (Lipinski definition) is 1. The number of nitrogens with zero attached hydrogens (tertiary/aromatic N) is 2. The van der Waals surface area contributed by atoms with Crippen LogP contribution in [0.1, 0.15) is 22.9 Å². The Morgan fingerprint density at radius 3 is 2.81 bits per heavy atom. The SMILES string of the molecule is C=C[C@@H]1[C@@H](NC(=O)OCc2ccccc2)[C@H]2c3c(c4cc(OC)ccc4n3C)CCN12. The molecule has 5 rings (SSSR count). The lowest BCUT2D eigenvalue weighted by atomic mass is 9.79. The van der Waals surface area contributed by atoms with Gasteiger partial charge in [-0.25, -0.2) is 4.79 Å². The highest BCUT2D eigenvalue weighted by Gasteiger charge is 2.52. The minimum absolute atomic E-state index is 0.0790. The molecule has 0 spiro atoms. The number of aryl methyl sites for hydroxylation is 1. The normalized spacial score (nSPS) is 22.2. The molecular weight excluding hydrogens is 390 g/mol. The van der Waals surface area contributed by atoms with Crippen molar-refractivity contribution < 1.29 is 14.3 Å². The highest BCUT2D eigenvalue weighted by atomic mass is 16.5. The van der Waals surface area contributed by atoms with Crippen LogP contribution in [-0.4, -0.2) is 41.3 Å². The average Bonchev–Trinajstić information content (AvgIpc) is 3.07. The van der Waals surface area contributed by atoms with Crippen molar-refractivity contribution in [2.45, 2.75) is 31.2 Å². The van der Waals surface area contributed by atoms with Gasteiger partial charge < -0.3 is 19.4 Å². The van der Waals surface area contributed by atoms with Gasteiger partial charge in [0.15, 0.2) is 0 Å². The summed E-state index contributed by atoms with van der Waals surface area (Å²) in [6.45, 7) is 5.20. The first-order valence-electron chi connectivity index (χ1n) is 10.6. The highest BCUT2D eigenvalue weighted by molar-refractivity contribution is 5.87. The maximum atomic E-state index is 12.6. The molecule has 1 amide bonds. The number of carbonyl (C=O) groups excluding carboxylic acids is 1. The lowest BCUT2D eigenvalue weighted by Gasteiger charge is -2.56. The van der Waals surface area contributed by atoms with E-state index in [1.165, 1.54) is 22.2 Å². The van der Waals surface area contributed by atoms with Crippen LogP contribution in [0.2, 0.25) is 0 Å². The molecule has 2 aromatic carbocycles. The molecule has 0 saturated carbocycles. The Kier molecular flexibility index (Phi) is 4.94. The van der Waals surface area contributed by atoms with Gasteiger partial charge in [-0.1, -0.05) is 36.4 Å². The molecule has 0 radical (unpaired) electrons. The number of hydrogen-bond acceptors (Lipinski definition) is 4. The van der Waals surface area contributed by atoms with Gasteiger partial charge in [-0.3, -0.25) is 4.90 Å². The molecule has 3 atom stereocenters. The number of alkyl carbamates (subject to hydrolysis) is 1. The average molecular weight is 418 g/mol. The van der Waals surface area contributed by atoms with Crippen molar-refractivity contribution in [3.63, 3.8) is 0 Å². The van der Waals surface area contributed by atoms with Crippen molar-refractivity contribution >= 4 is 17.0 Å². The number of benzene rings is 2. The quantitative estimate of drug-likeness (QED) is 0.639. The van der Waals surface area contributed by atoms with E-state index in [1.54, 1.807) is 7.11 Å². The summed E-state index contributed by atoms with van der Waals surface area (Å²) in [6, 6.07) is 16.0. The summed E-state index contributed by atoms with van der Waals surface area (Å²) >= 11 is 0. The molecule has 0 unspecified atom stereocenters. The fraction of sp³-hybridized carbons (Fsp3) is 0.320. The van der Waals surface area contributed by atoms with Gasteiger partial charge >= 0.3 is 6.09 Å². The fourth-order valence-electron chi connectivity index (χ4n) is 5.17. The summed E-state index contributed by atoms with van der Waals surface area (Å²) in [7, 11) is 3.79. The number of methoxy groups -OCH3 is 1. The Bertz CT molecular complexity index is 1140. The van der Waals surface area contributed by atoms with Crippen molar-refractivity contribution in [3.05, 3.63) is 78.0 Å². The Labute approximate surface area is 182 Å². The van der Waals surface area contributed by atoms with E-state index in [2.05, 4.69) is 40.5 Å².